The van der Waals surface area contributed by atoms with Crippen LogP contribution in [0.15, 0.2) is 30.6 Å². The van der Waals surface area contributed by atoms with Crippen LogP contribution in [0.5, 0.6) is 0 Å². The number of H-pyrrole nitrogens is 1. The zero-order valence-corrected chi connectivity index (χ0v) is 7.94. The summed E-state index contributed by atoms with van der Waals surface area (Å²) in [5, 5.41) is 18.4. The fourth-order valence-corrected chi connectivity index (χ4v) is 1.17. The average Bonchev–Trinajstić information content (AvgIpc) is 2.79. The molecule has 2 N–H and O–H groups in total. The van der Waals surface area contributed by atoms with Crippen LogP contribution >= 0.6 is 0 Å². The van der Waals surface area contributed by atoms with Gasteiger partial charge in [0.2, 0.25) is 0 Å². The predicted molar refractivity (Wildman–Crippen MR) is 54.9 cm³/mol. The Morgan fingerprint density at radius 3 is 3.07 bits per heavy atom. The van der Waals surface area contributed by atoms with Crippen LogP contribution in [0.4, 0.5) is 5.82 Å². The van der Waals surface area contributed by atoms with Gasteiger partial charge in [0.25, 0.3) is 0 Å². The summed E-state index contributed by atoms with van der Waals surface area (Å²) >= 11 is 0. The highest BCUT2D eigenvalue weighted by atomic mass is 15.1. The Balaban J connectivity index is 2.02. The van der Waals surface area contributed by atoms with Gasteiger partial charge in [-0.25, -0.2) is 4.98 Å². The Bertz CT molecular complexity index is 469. The molecule has 0 saturated heterocycles. The number of rotatable bonds is 3. The summed E-state index contributed by atoms with van der Waals surface area (Å²) in [5.41, 5.74) is 1.57. The fraction of sp³-hybridized carbons (Fsp3) is 0.100. The van der Waals surface area contributed by atoms with E-state index in [0.29, 0.717) is 17.9 Å². The molecule has 0 atom stereocenters. The first kappa shape index (κ1) is 9.21. The lowest BCUT2D eigenvalue weighted by molar-refractivity contribution is 0.974. The molecule has 0 saturated carbocycles. The Morgan fingerprint density at radius 1 is 1.40 bits per heavy atom. The minimum absolute atomic E-state index is 0.595. The van der Waals surface area contributed by atoms with Gasteiger partial charge in [-0.1, -0.05) is 0 Å². The van der Waals surface area contributed by atoms with E-state index >= 15 is 0 Å². The summed E-state index contributed by atoms with van der Waals surface area (Å²) in [6, 6.07) is 7.31. The van der Waals surface area contributed by atoms with Crippen LogP contribution < -0.4 is 5.32 Å². The zero-order chi connectivity index (χ0) is 10.5. The molecule has 0 amide bonds. The van der Waals surface area contributed by atoms with Crippen LogP contribution in [0.2, 0.25) is 0 Å². The number of hydrogen-bond donors (Lipinski definition) is 2. The lowest BCUT2D eigenvalue weighted by Gasteiger charge is -2.02. The van der Waals surface area contributed by atoms with Crippen molar-refractivity contribution in [3.05, 3.63) is 41.9 Å². The third-order valence-corrected chi connectivity index (χ3v) is 1.91. The maximum atomic E-state index is 8.69. The largest absolute Gasteiger partial charge is 0.364 e. The van der Waals surface area contributed by atoms with E-state index in [9.17, 15) is 0 Å². The highest BCUT2D eigenvalue weighted by molar-refractivity contribution is 5.42. The molecule has 5 nitrogen and oxygen atoms in total. The normalized spacial score (nSPS) is 9.53. The second-order valence-electron chi connectivity index (χ2n) is 2.98. The second-order valence-corrected chi connectivity index (χ2v) is 2.98. The molecule has 74 valence electrons. The van der Waals surface area contributed by atoms with Crippen molar-refractivity contribution in [3.8, 4) is 6.07 Å². The number of aromatic nitrogens is 3. The average molecular weight is 199 g/mol. The predicted octanol–water partition coefficient (Wildman–Crippen LogP) is 1.29. The summed E-state index contributed by atoms with van der Waals surface area (Å²) in [6.45, 7) is 0.613. The van der Waals surface area contributed by atoms with Crippen molar-refractivity contribution in [3.63, 3.8) is 0 Å². The molecule has 15 heavy (non-hydrogen) atoms. The third-order valence-electron chi connectivity index (χ3n) is 1.91. The molecule has 2 aromatic rings. The van der Waals surface area contributed by atoms with E-state index in [4.69, 9.17) is 5.26 Å². The van der Waals surface area contributed by atoms with Crippen LogP contribution in [0.3, 0.4) is 0 Å². The summed E-state index contributed by atoms with van der Waals surface area (Å²) in [7, 11) is 0. The van der Waals surface area contributed by atoms with Crippen molar-refractivity contribution in [2.75, 3.05) is 5.32 Å². The molecule has 0 bridgehead atoms. The first-order valence-corrected chi connectivity index (χ1v) is 4.47. The molecule has 0 aliphatic rings. The molecular formula is C10H9N5. The molecule has 0 radical (unpaired) electrons. The molecule has 0 aliphatic carbocycles. The van der Waals surface area contributed by atoms with Crippen molar-refractivity contribution in [1.82, 2.24) is 15.2 Å². The number of pyridine rings is 1. The van der Waals surface area contributed by atoms with Crippen molar-refractivity contribution in [1.29, 1.82) is 5.26 Å². The molecule has 0 aliphatic heterocycles. The first-order chi connectivity index (χ1) is 7.38. The topological polar surface area (TPSA) is 77.4 Å². The van der Waals surface area contributed by atoms with Gasteiger partial charge in [0.05, 0.1) is 23.9 Å². The van der Waals surface area contributed by atoms with E-state index in [-0.39, 0.29) is 0 Å². The lowest BCUT2D eigenvalue weighted by atomic mass is 10.3. The molecular weight excluding hydrogens is 190 g/mol. The van der Waals surface area contributed by atoms with E-state index < -0.39 is 0 Å². The molecule has 2 rings (SSSR count). The van der Waals surface area contributed by atoms with Crippen LogP contribution in [-0.4, -0.2) is 15.2 Å². The molecule has 0 spiro atoms. The van der Waals surface area contributed by atoms with E-state index in [1.54, 1.807) is 24.5 Å². The highest BCUT2D eigenvalue weighted by Gasteiger charge is 1.97. The highest BCUT2D eigenvalue weighted by Crippen LogP contribution is 2.06. The van der Waals surface area contributed by atoms with Gasteiger partial charge in [-0.05, 0) is 18.2 Å². The molecule has 0 aromatic carbocycles. The Labute approximate surface area is 86.8 Å². The van der Waals surface area contributed by atoms with Gasteiger partial charge in [0, 0.05) is 12.4 Å². The standard InChI is InChI=1S/C10H9N5/c11-6-8-1-3-12-10(5-8)13-7-9-2-4-14-15-9/h1-5H,7H2,(H,12,13)(H,14,15). The summed E-state index contributed by atoms with van der Waals surface area (Å²) in [4.78, 5) is 4.09. The van der Waals surface area contributed by atoms with Gasteiger partial charge in [0.15, 0.2) is 0 Å². The number of nitrogens with zero attached hydrogens (tertiary/aromatic N) is 3. The van der Waals surface area contributed by atoms with Gasteiger partial charge in [0.1, 0.15) is 5.82 Å². The molecule has 2 aromatic heterocycles. The minimum atomic E-state index is 0.595. The first-order valence-electron chi connectivity index (χ1n) is 4.47. The second kappa shape index (κ2) is 4.24. The Kier molecular flexibility index (Phi) is 2.61. The molecule has 5 heteroatoms. The summed E-state index contributed by atoms with van der Waals surface area (Å²) < 4.78 is 0. The molecule has 0 fully saturated rings. The number of hydrogen-bond acceptors (Lipinski definition) is 4. The van der Waals surface area contributed by atoms with Gasteiger partial charge in [-0.2, -0.15) is 10.4 Å². The third kappa shape index (κ3) is 2.31. The number of nitriles is 1. The van der Waals surface area contributed by atoms with E-state index in [1.165, 1.54) is 0 Å². The Hall–Kier alpha value is -2.35. The van der Waals surface area contributed by atoms with Gasteiger partial charge in [-0.3, -0.25) is 5.10 Å². The van der Waals surface area contributed by atoms with Gasteiger partial charge < -0.3 is 5.32 Å². The quantitative estimate of drug-likeness (QED) is 0.780. The number of aromatic amines is 1. The van der Waals surface area contributed by atoms with Crippen molar-refractivity contribution in [2.45, 2.75) is 6.54 Å². The summed E-state index contributed by atoms with van der Waals surface area (Å²) in [5.74, 6) is 0.684. The van der Waals surface area contributed by atoms with E-state index in [0.717, 1.165) is 5.69 Å². The van der Waals surface area contributed by atoms with Crippen molar-refractivity contribution in [2.24, 2.45) is 0 Å². The smallest absolute Gasteiger partial charge is 0.127 e. The van der Waals surface area contributed by atoms with Crippen LogP contribution in [0.25, 0.3) is 0 Å². The summed E-state index contributed by atoms with van der Waals surface area (Å²) in [6.07, 6.45) is 3.30. The van der Waals surface area contributed by atoms with Gasteiger partial charge >= 0.3 is 0 Å². The molecule has 2 heterocycles. The van der Waals surface area contributed by atoms with Crippen LogP contribution in [-0.2, 0) is 6.54 Å². The lowest BCUT2D eigenvalue weighted by Crippen LogP contribution is -2.01. The molecule has 0 unspecified atom stereocenters. The van der Waals surface area contributed by atoms with Crippen LogP contribution in [0.1, 0.15) is 11.3 Å². The van der Waals surface area contributed by atoms with E-state index in [2.05, 4.69) is 26.6 Å². The SMILES string of the molecule is N#Cc1ccnc(NCc2ccn[nH]2)c1. The van der Waals surface area contributed by atoms with E-state index in [1.807, 2.05) is 6.07 Å². The van der Waals surface area contributed by atoms with Gasteiger partial charge in [-0.15, -0.1) is 0 Å². The maximum Gasteiger partial charge on any atom is 0.127 e. The number of nitrogens with one attached hydrogen (secondary N) is 2. The van der Waals surface area contributed by atoms with Crippen LogP contribution in [0, 0.1) is 11.3 Å². The monoisotopic (exact) mass is 199 g/mol. The zero-order valence-electron chi connectivity index (χ0n) is 7.94. The number of anilines is 1. The maximum absolute atomic E-state index is 8.69. The van der Waals surface area contributed by atoms with Crippen molar-refractivity contribution < 1.29 is 0 Å². The minimum Gasteiger partial charge on any atom is -0.364 e. The Morgan fingerprint density at radius 2 is 2.33 bits per heavy atom. The fourth-order valence-electron chi connectivity index (χ4n) is 1.17. The van der Waals surface area contributed by atoms with Crippen molar-refractivity contribution >= 4 is 5.82 Å².